The number of carboxylic acid groups (broad SMARTS) is 3. The number of rotatable bonds is 4. The number of carbonyl (C=O) groups is 3. The SMILES string of the molecule is O=C(O)C(F)(F)F.O=C(O)[C@@]12CN(Cc3c(Cl)cccc3Cl)C[C@]1(C(=O)O)C2. The molecule has 2 aliphatic rings. The number of hydrogen-bond acceptors (Lipinski definition) is 4. The van der Waals surface area contributed by atoms with E-state index in [1.54, 1.807) is 23.1 Å². The average Bonchev–Trinajstić information content (AvgIpc) is 3.10. The Morgan fingerprint density at radius 2 is 1.39 bits per heavy atom. The fourth-order valence-electron chi connectivity index (χ4n) is 3.42. The molecule has 28 heavy (non-hydrogen) atoms. The number of nitrogens with zero attached hydrogens (tertiary/aromatic N) is 1. The van der Waals surface area contributed by atoms with Gasteiger partial charge >= 0.3 is 24.1 Å². The third-order valence-electron chi connectivity index (χ3n) is 4.89. The van der Waals surface area contributed by atoms with Gasteiger partial charge in [0.1, 0.15) is 0 Å². The molecule has 2 fully saturated rings. The van der Waals surface area contributed by atoms with Crippen LogP contribution in [0.3, 0.4) is 0 Å². The van der Waals surface area contributed by atoms with Crippen molar-refractivity contribution in [3.8, 4) is 0 Å². The number of halogens is 5. The zero-order valence-electron chi connectivity index (χ0n) is 14.0. The molecule has 0 unspecified atom stereocenters. The lowest BCUT2D eigenvalue weighted by molar-refractivity contribution is -0.192. The predicted octanol–water partition coefficient (Wildman–Crippen LogP) is 2.99. The highest BCUT2D eigenvalue weighted by molar-refractivity contribution is 6.35. The normalized spacial score (nSPS) is 26.0. The number of hydrogen-bond donors (Lipinski definition) is 3. The Labute approximate surface area is 166 Å². The molecule has 1 aromatic rings. The molecule has 0 spiro atoms. The van der Waals surface area contributed by atoms with E-state index in [-0.39, 0.29) is 19.5 Å². The topological polar surface area (TPSA) is 115 Å². The molecule has 1 aromatic carbocycles. The molecular formula is C16H14Cl2F3NO6. The summed E-state index contributed by atoms with van der Waals surface area (Å²) in [5.41, 5.74) is -1.65. The van der Waals surface area contributed by atoms with Crippen LogP contribution in [0.25, 0.3) is 0 Å². The molecule has 1 heterocycles. The van der Waals surface area contributed by atoms with Crippen LogP contribution in [-0.4, -0.2) is 57.4 Å². The van der Waals surface area contributed by atoms with E-state index in [0.29, 0.717) is 22.2 Å². The van der Waals surface area contributed by atoms with Gasteiger partial charge in [-0.3, -0.25) is 14.5 Å². The molecule has 0 radical (unpaired) electrons. The molecule has 3 N–H and O–H groups in total. The van der Waals surface area contributed by atoms with Gasteiger partial charge in [0.2, 0.25) is 0 Å². The Hall–Kier alpha value is -2.04. The molecule has 3 rings (SSSR count). The summed E-state index contributed by atoms with van der Waals surface area (Å²) in [4.78, 5) is 33.6. The molecule has 12 heteroatoms. The van der Waals surface area contributed by atoms with Crippen molar-refractivity contribution in [2.24, 2.45) is 10.8 Å². The van der Waals surface area contributed by atoms with Gasteiger partial charge in [0.25, 0.3) is 0 Å². The first-order valence-electron chi connectivity index (χ1n) is 7.69. The molecule has 0 aromatic heterocycles. The Morgan fingerprint density at radius 3 is 1.71 bits per heavy atom. The summed E-state index contributed by atoms with van der Waals surface area (Å²) in [7, 11) is 0. The van der Waals surface area contributed by atoms with E-state index < -0.39 is 34.9 Å². The Bertz CT molecular complexity index is 785. The fraction of sp³-hybridized carbons (Fsp3) is 0.438. The summed E-state index contributed by atoms with van der Waals surface area (Å²) >= 11 is 12.2. The van der Waals surface area contributed by atoms with E-state index in [1.165, 1.54) is 0 Å². The molecule has 1 saturated heterocycles. The quantitative estimate of drug-likeness (QED) is 0.654. The van der Waals surface area contributed by atoms with Crippen LogP contribution >= 0.6 is 23.2 Å². The van der Waals surface area contributed by atoms with Gasteiger partial charge in [0.15, 0.2) is 0 Å². The van der Waals surface area contributed by atoms with Crippen molar-refractivity contribution in [3.63, 3.8) is 0 Å². The summed E-state index contributed by atoms with van der Waals surface area (Å²) in [6.45, 7) is 0.759. The molecule has 0 amide bonds. The van der Waals surface area contributed by atoms with Crippen LogP contribution in [0, 0.1) is 10.8 Å². The molecule has 0 bridgehead atoms. The summed E-state index contributed by atoms with van der Waals surface area (Å²) < 4.78 is 31.7. The van der Waals surface area contributed by atoms with Crippen molar-refractivity contribution in [1.29, 1.82) is 0 Å². The number of piperidine rings is 1. The molecule has 2 atom stereocenters. The summed E-state index contributed by atoms with van der Waals surface area (Å²) in [6.07, 6.45) is -4.89. The number of fused-ring (bicyclic) bond motifs is 1. The number of carboxylic acids is 3. The standard InChI is InChI=1S/C14H13Cl2NO4.C2HF3O2/c15-9-2-1-3-10(16)8(9)4-17-6-13(11(18)19)5-14(13,7-17)12(20)21;3-2(4,5)1(6)7/h1-3H,4-7H2,(H,18,19)(H,20,21);(H,6,7)/t13-,14+;. The van der Waals surface area contributed by atoms with E-state index in [4.69, 9.17) is 33.1 Å². The third kappa shape index (κ3) is 3.89. The first-order chi connectivity index (χ1) is 12.8. The lowest BCUT2D eigenvalue weighted by Crippen LogP contribution is -2.28. The zero-order chi connectivity index (χ0) is 21.5. The van der Waals surface area contributed by atoms with Gasteiger partial charge in [0.05, 0.1) is 10.8 Å². The first-order valence-corrected chi connectivity index (χ1v) is 8.44. The molecule has 7 nitrogen and oxygen atoms in total. The van der Waals surface area contributed by atoms with Crippen molar-refractivity contribution in [2.45, 2.75) is 19.1 Å². The molecule has 154 valence electrons. The van der Waals surface area contributed by atoms with Gasteiger partial charge in [-0.05, 0) is 18.6 Å². The van der Waals surface area contributed by atoms with Gasteiger partial charge in [0, 0.05) is 35.2 Å². The van der Waals surface area contributed by atoms with Crippen LogP contribution < -0.4 is 0 Å². The van der Waals surface area contributed by atoms with E-state index in [0.717, 1.165) is 0 Å². The lowest BCUT2D eigenvalue weighted by Gasteiger charge is -2.20. The van der Waals surface area contributed by atoms with Gasteiger partial charge in [-0.15, -0.1) is 0 Å². The van der Waals surface area contributed by atoms with E-state index in [9.17, 15) is 33.0 Å². The maximum Gasteiger partial charge on any atom is 0.490 e. The van der Waals surface area contributed by atoms with Crippen LogP contribution in [0.5, 0.6) is 0 Å². The van der Waals surface area contributed by atoms with Crippen molar-refractivity contribution in [1.82, 2.24) is 4.90 Å². The third-order valence-corrected chi connectivity index (χ3v) is 5.59. The summed E-state index contributed by atoms with van der Waals surface area (Å²) in [6, 6.07) is 5.14. The molecule has 1 aliphatic carbocycles. The second-order valence-electron chi connectivity index (χ2n) is 6.60. The van der Waals surface area contributed by atoms with E-state index >= 15 is 0 Å². The van der Waals surface area contributed by atoms with Crippen LogP contribution in [-0.2, 0) is 20.9 Å². The van der Waals surface area contributed by atoms with Gasteiger partial charge in [-0.1, -0.05) is 29.3 Å². The monoisotopic (exact) mass is 443 g/mol. The van der Waals surface area contributed by atoms with E-state index in [1.807, 2.05) is 0 Å². The summed E-state index contributed by atoms with van der Waals surface area (Å²) in [5.74, 6) is -4.84. The maximum absolute atomic E-state index is 11.5. The molecule has 1 saturated carbocycles. The molecule has 1 aliphatic heterocycles. The minimum atomic E-state index is -5.08. The van der Waals surface area contributed by atoms with Crippen LogP contribution in [0.1, 0.15) is 12.0 Å². The predicted molar refractivity (Wildman–Crippen MR) is 90.2 cm³/mol. The first kappa shape index (κ1) is 22.3. The van der Waals surface area contributed by atoms with Crippen molar-refractivity contribution < 1.29 is 42.9 Å². The smallest absolute Gasteiger partial charge is 0.481 e. The van der Waals surface area contributed by atoms with Crippen LogP contribution in [0.15, 0.2) is 18.2 Å². The molecular weight excluding hydrogens is 430 g/mol. The summed E-state index contributed by atoms with van der Waals surface area (Å²) in [5, 5.41) is 26.9. The van der Waals surface area contributed by atoms with E-state index in [2.05, 4.69) is 0 Å². The van der Waals surface area contributed by atoms with Crippen molar-refractivity contribution in [2.75, 3.05) is 13.1 Å². The Balaban J connectivity index is 0.000000345. The van der Waals surface area contributed by atoms with Gasteiger partial charge in [-0.2, -0.15) is 13.2 Å². The second-order valence-corrected chi connectivity index (χ2v) is 7.41. The van der Waals surface area contributed by atoms with Crippen LogP contribution in [0.2, 0.25) is 10.0 Å². The van der Waals surface area contributed by atoms with Crippen molar-refractivity contribution >= 4 is 41.1 Å². The van der Waals surface area contributed by atoms with Crippen LogP contribution in [0.4, 0.5) is 13.2 Å². The number of aliphatic carboxylic acids is 3. The number of alkyl halides is 3. The fourth-order valence-corrected chi connectivity index (χ4v) is 3.94. The van der Waals surface area contributed by atoms with Gasteiger partial charge in [-0.25, -0.2) is 4.79 Å². The highest BCUT2D eigenvalue weighted by Crippen LogP contribution is 2.68. The average molecular weight is 444 g/mol. The second kappa shape index (κ2) is 7.41. The Kier molecular flexibility index (Phi) is 5.89. The maximum atomic E-state index is 11.5. The number of likely N-dealkylation sites (tertiary alicyclic amines) is 1. The Morgan fingerprint density at radius 1 is 1.00 bits per heavy atom. The van der Waals surface area contributed by atoms with Gasteiger partial charge < -0.3 is 15.3 Å². The largest absolute Gasteiger partial charge is 0.490 e. The lowest BCUT2D eigenvalue weighted by atomic mass is 9.97. The van der Waals surface area contributed by atoms with Crippen molar-refractivity contribution in [3.05, 3.63) is 33.8 Å². The highest BCUT2D eigenvalue weighted by atomic mass is 35.5. The number of benzene rings is 1. The highest BCUT2D eigenvalue weighted by Gasteiger charge is 2.80. The minimum absolute atomic E-state index is 0.192. The zero-order valence-corrected chi connectivity index (χ0v) is 15.5. The minimum Gasteiger partial charge on any atom is -0.481 e.